The molecule has 2 heterocycles. The average Bonchev–Trinajstić information content (AvgIpc) is 3.31. The number of fused-ring (bicyclic) bond motifs is 3. The van der Waals surface area contributed by atoms with E-state index in [0.29, 0.717) is 12.3 Å². The van der Waals surface area contributed by atoms with E-state index in [1.54, 1.807) is 7.11 Å². The van der Waals surface area contributed by atoms with Crippen molar-refractivity contribution >= 4 is 16.7 Å². The second-order valence-electron chi connectivity index (χ2n) is 8.81. The van der Waals surface area contributed by atoms with Crippen molar-refractivity contribution in [3.63, 3.8) is 0 Å². The standard InChI is InChI=1S/C27H30N2O4/c1-5-26(29-11-10-21-14-24-25(33-16-32-24)15-23(21)27(29)30)28(3)17(2)18-6-7-20-13-22(31-4)9-8-19(20)12-18/h6-9,12-15,17,26H,5,10-11,16H2,1-4H3. The second-order valence-corrected chi connectivity index (χ2v) is 8.81. The van der Waals surface area contributed by atoms with Crippen molar-refractivity contribution < 1.29 is 19.0 Å². The van der Waals surface area contributed by atoms with Crippen LogP contribution in [-0.4, -0.2) is 49.4 Å². The molecular formula is C27H30N2O4. The molecule has 6 nitrogen and oxygen atoms in total. The number of hydrogen-bond donors (Lipinski definition) is 0. The molecule has 0 fully saturated rings. The number of benzene rings is 3. The molecule has 3 aromatic rings. The Morgan fingerprint density at radius 2 is 1.79 bits per heavy atom. The summed E-state index contributed by atoms with van der Waals surface area (Å²) < 4.78 is 16.4. The SMILES string of the molecule is CCC(N1CCc2cc3c(cc2C1=O)OCO3)N(C)C(C)c1ccc2cc(OC)ccc2c1. The number of methoxy groups -OCH3 is 1. The minimum Gasteiger partial charge on any atom is -0.497 e. The van der Waals surface area contributed by atoms with Crippen molar-refractivity contribution in [2.24, 2.45) is 0 Å². The van der Waals surface area contributed by atoms with Crippen molar-refractivity contribution in [2.45, 2.75) is 38.9 Å². The zero-order valence-electron chi connectivity index (χ0n) is 19.6. The van der Waals surface area contributed by atoms with Gasteiger partial charge < -0.3 is 19.1 Å². The topological polar surface area (TPSA) is 51.2 Å². The molecule has 0 N–H and O–H groups in total. The van der Waals surface area contributed by atoms with Crippen LogP contribution in [-0.2, 0) is 6.42 Å². The van der Waals surface area contributed by atoms with Crippen LogP contribution in [0.1, 0.15) is 47.8 Å². The normalized spacial score (nSPS) is 16.8. The van der Waals surface area contributed by atoms with Gasteiger partial charge in [-0.25, -0.2) is 0 Å². The number of rotatable bonds is 6. The number of hydrogen-bond acceptors (Lipinski definition) is 5. The summed E-state index contributed by atoms with van der Waals surface area (Å²) in [5, 5.41) is 2.34. The first-order valence-corrected chi connectivity index (χ1v) is 11.5. The molecule has 6 heteroatoms. The molecule has 2 unspecified atom stereocenters. The maximum absolute atomic E-state index is 13.5. The van der Waals surface area contributed by atoms with Crippen LogP contribution < -0.4 is 14.2 Å². The molecule has 33 heavy (non-hydrogen) atoms. The van der Waals surface area contributed by atoms with Gasteiger partial charge in [0.2, 0.25) is 6.79 Å². The molecule has 1 amide bonds. The van der Waals surface area contributed by atoms with Gasteiger partial charge in [0, 0.05) is 18.2 Å². The van der Waals surface area contributed by atoms with Gasteiger partial charge in [-0.2, -0.15) is 0 Å². The minimum atomic E-state index is -0.00219. The van der Waals surface area contributed by atoms with Gasteiger partial charge in [-0.15, -0.1) is 0 Å². The number of carbonyl (C=O) groups excluding carboxylic acids is 1. The van der Waals surface area contributed by atoms with Crippen molar-refractivity contribution in [3.8, 4) is 17.2 Å². The first kappa shape index (κ1) is 21.6. The van der Waals surface area contributed by atoms with E-state index in [9.17, 15) is 4.79 Å². The third-order valence-electron chi connectivity index (χ3n) is 7.07. The van der Waals surface area contributed by atoms with Crippen LogP contribution in [0.15, 0.2) is 48.5 Å². The molecule has 2 aliphatic rings. The smallest absolute Gasteiger partial charge is 0.255 e. The molecule has 3 aromatic carbocycles. The molecule has 0 saturated carbocycles. The summed E-state index contributed by atoms with van der Waals surface area (Å²) in [6.45, 7) is 5.25. The largest absolute Gasteiger partial charge is 0.497 e. The summed E-state index contributed by atoms with van der Waals surface area (Å²) in [6.07, 6.45) is 1.66. The monoisotopic (exact) mass is 446 g/mol. The highest BCUT2D eigenvalue weighted by molar-refractivity contribution is 5.97. The van der Waals surface area contributed by atoms with Gasteiger partial charge in [0.25, 0.3) is 5.91 Å². The highest BCUT2D eigenvalue weighted by Crippen LogP contribution is 2.38. The lowest BCUT2D eigenvalue weighted by atomic mass is 9.96. The Bertz CT molecular complexity index is 1210. The molecule has 2 aliphatic heterocycles. The zero-order chi connectivity index (χ0) is 23.1. The van der Waals surface area contributed by atoms with Gasteiger partial charge in [-0.1, -0.05) is 25.1 Å². The lowest BCUT2D eigenvalue weighted by molar-refractivity contribution is 0.0234. The molecule has 0 aromatic heterocycles. The van der Waals surface area contributed by atoms with Crippen molar-refractivity contribution in [2.75, 3.05) is 27.5 Å². The van der Waals surface area contributed by atoms with Crippen LogP contribution in [0.5, 0.6) is 17.2 Å². The predicted octanol–water partition coefficient (Wildman–Crippen LogP) is 5.00. The summed E-state index contributed by atoms with van der Waals surface area (Å²) in [6, 6.07) is 16.6. The van der Waals surface area contributed by atoms with Gasteiger partial charge in [-0.3, -0.25) is 9.69 Å². The lowest BCUT2D eigenvalue weighted by Crippen LogP contribution is -2.52. The zero-order valence-corrected chi connectivity index (χ0v) is 19.6. The van der Waals surface area contributed by atoms with Crippen molar-refractivity contribution in [1.82, 2.24) is 9.80 Å². The molecule has 0 aliphatic carbocycles. The highest BCUT2D eigenvalue weighted by atomic mass is 16.7. The molecule has 0 bridgehead atoms. The number of amides is 1. The summed E-state index contributed by atoms with van der Waals surface area (Å²) in [4.78, 5) is 17.8. The summed E-state index contributed by atoms with van der Waals surface area (Å²) in [5.41, 5.74) is 2.99. The molecular weight excluding hydrogens is 416 g/mol. The maximum Gasteiger partial charge on any atom is 0.255 e. The van der Waals surface area contributed by atoms with Gasteiger partial charge in [0.05, 0.1) is 13.3 Å². The third-order valence-corrected chi connectivity index (χ3v) is 7.07. The van der Waals surface area contributed by atoms with E-state index in [4.69, 9.17) is 14.2 Å². The van der Waals surface area contributed by atoms with E-state index in [1.165, 1.54) is 10.9 Å². The Balaban J connectivity index is 1.39. The first-order chi connectivity index (χ1) is 16.0. The average molecular weight is 447 g/mol. The molecule has 5 rings (SSSR count). The summed E-state index contributed by atoms with van der Waals surface area (Å²) >= 11 is 0. The van der Waals surface area contributed by atoms with E-state index in [0.717, 1.165) is 40.9 Å². The predicted molar refractivity (Wildman–Crippen MR) is 128 cm³/mol. The van der Waals surface area contributed by atoms with Crippen LogP contribution in [0.4, 0.5) is 0 Å². The molecule has 0 radical (unpaired) electrons. The second kappa shape index (κ2) is 8.60. The molecule has 172 valence electrons. The number of nitrogens with zero attached hydrogens (tertiary/aromatic N) is 2. The van der Waals surface area contributed by atoms with Crippen LogP contribution in [0.25, 0.3) is 10.8 Å². The van der Waals surface area contributed by atoms with Crippen molar-refractivity contribution in [3.05, 3.63) is 65.2 Å². The van der Waals surface area contributed by atoms with Crippen LogP contribution in [0.3, 0.4) is 0 Å². The first-order valence-electron chi connectivity index (χ1n) is 11.5. The Morgan fingerprint density at radius 1 is 1.06 bits per heavy atom. The molecule has 2 atom stereocenters. The summed E-state index contributed by atoms with van der Waals surface area (Å²) in [5.74, 6) is 2.32. The molecule has 0 saturated heterocycles. The van der Waals surface area contributed by atoms with E-state index in [1.807, 2.05) is 23.1 Å². The third kappa shape index (κ3) is 3.78. The Kier molecular flexibility index (Phi) is 5.62. The quantitative estimate of drug-likeness (QED) is 0.533. The highest BCUT2D eigenvalue weighted by Gasteiger charge is 2.34. The molecule has 0 spiro atoms. The number of carbonyl (C=O) groups is 1. The van der Waals surface area contributed by atoms with Gasteiger partial charge in [0.1, 0.15) is 5.75 Å². The Labute approximate surface area is 194 Å². The number of ether oxygens (including phenoxy) is 3. The van der Waals surface area contributed by atoms with Crippen LogP contribution in [0.2, 0.25) is 0 Å². The fraction of sp³-hybridized carbons (Fsp3) is 0.370. The van der Waals surface area contributed by atoms with E-state index < -0.39 is 0 Å². The van der Waals surface area contributed by atoms with Crippen molar-refractivity contribution in [1.29, 1.82) is 0 Å². The van der Waals surface area contributed by atoms with Gasteiger partial charge in [-0.05, 0) is 79.0 Å². The minimum absolute atomic E-state index is 0.00219. The Hall–Kier alpha value is -3.25. The van der Waals surface area contributed by atoms with E-state index >= 15 is 0 Å². The van der Waals surface area contributed by atoms with Crippen LogP contribution in [0, 0.1) is 0 Å². The van der Waals surface area contributed by atoms with Crippen LogP contribution >= 0.6 is 0 Å². The summed E-state index contributed by atoms with van der Waals surface area (Å²) in [7, 11) is 3.80. The maximum atomic E-state index is 13.5. The van der Waals surface area contributed by atoms with E-state index in [2.05, 4.69) is 56.1 Å². The lowest BCUT2D eigenvalue weighted by Gasteiger charge is -2.42. The van der Waals surface area contributed by atoms with Gasteiger partial charge in [0.15, 0.2) is 11.5 Å². The van der Waals surface area contributed by atoms with E-state index in [-0.39, 0.29) is 24.9 Å². The van der Waals surface area contributed by atoms with Gasteiger partial charge >= 0.3 is 0 Å². The fourth-order valence-corrected chi connectivity index (χ4v) is 5.02. The fourth-order valence-electron chi connectivity index (χ4n) is 5.02. The Morgan fingerprint density at radius 3 is 2.55 bits per heavy atom.